The number of nitriles is 1. The molecule has 0 aromatic heterocycles. The molecule has 80 valence electrons. The molecule has 0 aliphatic heterocycles. The predicted octanol–water partition coefficient (Wildman–Crippen LogP) is 2.75. The Balaban J connectivity index is 2.75. The van der Waals surface area contributed by atoms with Gasteiger partial charge in [-0.1, -0.05) is 13.3 Å². The lowest BCUT2D eigenvalue weighted by molar-refractivity contribution is 0.288. The van der Waals surface area contributed by atoms with E-state index in [9.17, 15) is 0 Å². The second kappa shape index (κ2) is 5.92. The fourth-order valence-corrected chi connectivity index (χ4v) is 1.18. The van der Waals surface area contributed by atoms with Gasteiger partial charge in [0.05, 0.1) is 25.3 Å². The molecule has 0 N–H and O–H groups in total. The standard InChI is InChI=1S/C12H15NO2/c1-3-4-7-15-11-6-5-10(9-13)8-12(11)14-2/h5-6,8H,3-4,7H2,1-2H3. The van der Waals surface area contributed by atoms with Crippen LogP contribution in [0.25, 0.3) is 0 Å². The van der Waals surface area contributed by atoms with Crippen molar-refractivity contribution in [2.45, 2.75) is 19.8 Å². The van der Waals surface area contributed by atoms with E-state index in [1.807, 2.05) is 0 Å². The molecule has 0 atom stereocenters. The van der Waals surface area contributed by atoms with E-state index in [-0.39, 0.29) is 0 Å². The third-order valence-electron chi connectivity index (χ3n) is 2.05. The van der Waals surface area contributed by atoms with Crippen molar-refractivity contribution in [2.75, 3.05) is 13.7 Å². The van der Waals surface area contributed by atoms with E-state index in [0.717, 1.165) is 12.8 Å². The zero-order valence-corrected chi connectivity index (χ0v) is 9.12. The highest BCUT2D eigenvalue weighted by molar-refractivity contribution is 5.46. The monoisotopic (exact) mass is 205 g/mol. The Bertz CT molecular complexity index is 355. The lowest BCUT2D eigenvalue weighted by atomic mass is 10.2. The van der Waals surface area contributed by atoms with Crippen LogP contribution < -0.4 is 9.47 Å². The summed E-state index contributed by atoms with van der Waals surface area (Å²) in [6.07, 6.45) is 2.11. The third kappa shape index (κ3) is 3.17. The van der Waals surface area contributed by atoms with Crippen molar-refractivity contribution in [3.8, 4) is 17.6 Å². The van der Waals surface area contributed by atoms with Crippen molar-refractivity contribution >= 4 is 0 Å². The molecule has 0 amide bonds. The number of benzene rings is 1. The molecule has 0 fully saturated rings. The van der Waals surface area contributed by atoms with Crippen LogP contribution >= 0.6 is 0 Å². The molecule has 1 aromatic rings. The van der Waals surface area contributed by atoms with Gasteiger partial charge in [-0.15, -0.1) is 0 Å². The van der Waals surface area contributed by atoms with Crippen LogP contribution in [-0.4, -0.2) is 13.7 Å². The molecule has 0 saturated heterocycles. The molecule has 0 unspecified atom stereocenters. The van der Waals surface area contributed by atoms with Gasteiger partial charge in [0.2, 0.25) is 0 Å². The fraction of sp³-hybridized carbons (Fsp3) is 0.417. The van der Waals surface area contributed by atoms with Gasteiger partial charge in [0.1, 0.15) is 0 Å². The quantitative estimate of drug-likeness (QED) is 0.694. The normalized spacial score (nSPS) is 9.40. The van der Waals surface area contributed by atoms with E-state index >= 15 is 0 Å². The minimum absolute atomic E-state index is 0.578. The first-order valence-electron chi connectivity index (χ1n) is 5.02. The third-order valence-corrected chi connectivity index (χ3v) is 2.05. The summed E-state index contributed by atoms with van der Waals surface area (Å²) in [7, 11) is 1.57. The summed E-state index contributed by atoms with van der Waals surface area (Å²) in [5, 5.41) is 8.72. The van der Waals surface area contributed by atoms with Crippen LogP contribution in [-0.2, 0) is 0 Å². The largest absolute Gasteiger partial charge is 0.493 e. The summed E-state index contributed by atoms with van der Waals surface area (Å²) in [6, 6.07) is 7.24. The van der Waals surface area contributed by atoms with Crippen molar-refractivity contribution < 1.29 is 9.47 Å². The summed E-state index contributed by atoms with van der Waals surface area (Å²) < 4.78 is 10.7. The van der Waals surface area contributed by atoms with Gasteiger partial charge < -0.3 is 9.47 Å². The molecular weight excluding hydrogens is 190 g/mol. The van der Waals surface area contributed by atoms with Crippen LogP contribution in [0.4, 0.5) is 0 Å². The van der Waals surface area contributed by atoms with Crippen LogP contribution in [0.2, 0.25) is 0 Å². The first-order chi connectivity index (χ1) is 7.31. The maximum atomic E-state index is 8.72. The van der Waals surface area contributed by atoms with Crippen molar-refractivity contribution in [3.63, 3.8) is 0 Å². The molecule has 0 heterocycles. The zero-order chi connectivity index (χ0) is 11.1. The number of hydrogen-bond acceptors (Lipinski definition) is 3. The van der Waals surface area contributed by atoms with Crippen LogP contribution in [0.15, 0.2) is 18.2 Å². The van der Waals surface area contributed by atoms with Gasteiger partial charge in [-0.2, -0.15) is 5.26 Å². The van der Waals surface area contributed by atoms with E-state index in [1.165, 1.54) is 0 Å². The smallest absolute Gasteiger partial charge is 0.162 e. The summed E-state index contributed by atoms with van der Waals surface area (Å²) in [5.74, 6) is 1.31. The minimum Gasteiger partial charge on any atom is -0.493 e. The molecule has 1 rings (SSSR count). The minimum atomic E-state index is 0.578. The second-order valence-electron chi connectivity index (χ2n) is 3.18. The summed E-state index contributed by atoms with van der Waals surface area (Å²) in [4.78, 5) is 0. The summed E-state index contributed by atoms with van der Waals surface area (Å²) in [5.41, 5.74) is 0.578. The Morgan fingerprint density at radius 1 is 1.33 bits per heavy atom. The number of unbranched alkanes of at least 4 members (excludes halogenated alkanes) is 1. The van der Waals surface area contributed by atoms with Crippen molar-refractivity contribution in [3.05, 3.63) is 23.8 Å². The summed E-state index contributed by atoms with van der Waals surface area (Å²) in [6.45, 7) is 2.79. The highest BCUT2D eigenvalue weighted by Gasteiger charge is 2.04. The van der Waals surface area contributed by atoms with E-state index in [0.29, 0.717) is 23.7 Å². The highest BCUT2D eigenvalue weighted by Crippen LogP contribution is 2.27. The zero-order valence-electron chi connectivity index (χ0n) is 9.12. The summed E-state index contributed by atoms with van der Waals surface area (Å²) >= 11 is 0. The van der Waals surface area contributed by atoms with Gasteiger partial charge in [-0.25, -0.2) is 0 Å². The molecule has 0 radical (unpaired) electrons. The molecular formula is C12H15NO2. The number of methoxy groups -OCH3 is 1. The van der Waals surface area contributed by atoms with Crippen molar-refractivity contribution in [1.82, 2.24) is 0 Å². The Kier molecular flexibility index (Phi) is 4.49. The maximum Gasteiger partial charge on any atom is 0.162 e. The van der Waals surface area contributed by atoms with E-state index in [4.69, 9.17) is 14.7 Å². The molecule has 3 heteroatoms. The van der Waals surface area contributed by atoms with Gasteiger partial charge in [0, 0.05) is 6.07 Å². The van der Waals surface area contributed by atoms with Crippen LogP contribution in [0, 0.1) is 11.3 Å². The maximum absolute atomic E-state index is 8.72. The first-order valence-corrected chi connectivity index (χ1v) is 5.02. The van der Waals surface area contributed by atoms with Crippen molar-refractivity contribution in [1.29, 1.82) is 5.26 Å². The Hall–Kier alpha value is -1.69. The highest BCUT2D eigenvalue weighted by atomic mass is 16.5. The number of rotatable bonds is 5. The van der Waals surface area contributed by atoms with Gasteiger partial charge in [0.15, 0.2) is 11.5 Å². The van der Waals surface area contributed by atoms with Gasteiger partial charge in [0.25, 0.3) is 0 Å². The Morgan fingerprint density at radius 2 is 2.13 bits per heavy atom. The molecule has 1 aromatic carbocycles. The molecule has 15 heavy (non-hydrogen) atoms. The molecule has 0 bridgehead atoms. The first kappa shape index (κ1) is 11.4. The van der Waals surface area contributed by atoms with Crippen LogP contribution in [0.1, 0.15) is 25.3 Å². The van der Waals surface area contributed by atoms with Crippen molar-refractivity contribution in [2.24, 2.45) is 0 Å². The number of nitrogens with zero attached hydrogens (tertiary/aromatic N) is 1. The number of ether oxygens (including phenoxy) is 2. The number of hydrogen-bond donors (Lipinski definition) is 0. The van der Waals surface area contributed by atoms with Crippen LogP contribution in [0.3, 0.4) is 0 Å². The van der Waals surface area contributed by atoms with Crippen LogP contribution in [0.5, 0.6) is 11.5 Å². The topological polar surface area (TPSA) is 42.2 Å². The average molecular weight is 205 g/mol. The molecule has 0 spiro atoms. The average Bonchev–Trinajstić information content (AvgIpc) is 2.29. The molecule has 0 aliphatic rings. The predicted molar refractivity (Wildman–Crippen MR) is 58.1 cm³/mol. The molecule has 3 nitrogen and oxygen atoms in total. The van der Waals surface area contributed by atoms with E-state index < -0.39 is 0 Å². The lowest BCUT2D eigenvalue weighted by Crippen LogP contribution is -1.98. The fourth-order valence-electron chi connectivity index (χ4n) is 1.18. The van der Waals surface area contributed by atoms with Gasteiger partial charge in [-0.3, -0.25) is 0 Å². The SMILES string of the molecule is CCCCOc1ccc(C#N)cc1OC. The second-order valence-corrected chi connectivity index (χ2v) is 3.18. The van der Waals surface area contributed by atoms with Gasteiger partial charge in [-0.05, 0) is 18.6 Å². The van der Waals surface area contributed by atoms with E-state index in [1.54, 1.807) is 25.3 Å². The molecule has 0 aliphatic carbocycles. The Labute approximate surface area is 90.2 Å². The lowest BCUT2D eigenvalue weighted by Gasteiger charge is -2.09. The molecule has 0 saturated carbocycles. The van der Waals surface area contributed by atoms with E-state index in [2.05, 4.69) is 13.0 Å². The van der Waals surface area contributed by atoms with Gasteiger partial charge >= 0.3 is 0 Å². The Morgan fingerprint density at radius 3 is 2.73 bits per heavy atom.